The minimum Gasteiger partial charge on any atom is -0.484 e. The molecule has 0 bridgehead atoms. The Balaban J connectivity index is 1.46. The second-order valence-corrected chi connectivity index (χ2v) is 6.97. The van der Waals surface area contributed by atoms with Gasteiger partial charge in [-0.3, -0.25) is 9.59 Å². The molecule has 0 aliphatic carbocycles. The van der Waals surface area contributed by atoms with Crippen LogP contribution >= 0.6 is 11.6 Å². The number of carbonyl (C=O) groups is 2. The van der Waals surface area contributed by atoms with E-state index in [0.717, 1.165) is 12.8 Å². The number of nitrogens with zero attached hydrogens (tertiary/aromatic N) is 1. The number of amides is 1. The molecule has 0 aromatic heterocycles. The minimum absolute atomic E-state index is 0.00994. The fourth-order valence-corrected chi connectivity index (χ4v) is 3.71. The smallest absolute Gasteiger partial charge is 0.309 e. The van der Waals surface area contributed by atoms with Gasteiger partial charge in [-0.05, 0) is 49.4 Å². The van der Waals surface area contributed by atoms with E-state index in [-0.39, 0.29) is 24.5 Å². The average Bonchev–Trinajstić information content (AvgIpc) is 3.11. The number of hydrogen-bond acceptors (Lipinski definition) is 4. The summed E-state index contributed by atoms with van der Waals surface area (Å²) in [5, 5.41) is 9.90. The Kier molecular flexibility index (Phi) is 5.81. The van der Waals surface area contributed by atoms with Crippen molar-refractivity contribution in [2.24, 2.45) is 11.8 Å². The first kappa shape index (κ1) is 18.0. The van der Waals surface area contributed by atoms with Crippen molar-refractivity contribution in [3.8, 4) is 5.75 Å². The molecule has 6 nitrogen and oxygen atoms in total. The molecule has 3 rings (SSSR count). The number of rotatable bonds is 5. The van der Waals surface area contributed by atoms with Crippen LogP contribution < -0.4 is 4.74 Å². The lowest BCUT2D eigenvalue weighted by Gasteiger charge is -2.35. The number of aliphatic carboxylic acids is 1. The lowest BCUT2D eigenvalue weighted by atomic mass is 9.84. The number of piperidine rings is 1. The van der Waals surface area contributed by atoms with E-state index in [0.29, 0.717) is 36.9 Å². The van der Waals surface area contributed by atoms with Gasteiger partial charge >= 0.3 is 5.97 Å². The van der Waals surface area contributed by atoms with E-state index in [1.54, 1.807) is 29.2 Å². The van der Waals surface area contributed by atoms with Gasteiger partial charge in [0.05, 0.1) is 12.0 Å². The van der Waals surface area contributed by atoms with Gasteiger partial charge in [0.25, 0.3) is 5.91 Å². The summed E-state index contributed by atoms with van der Waals surface area (Å²) in [6.45, 7) is 1.72. The first-order chi connectivity index (χ1) is 12.0. The van der Waals surface area contributed by atoms with Crippen molar-refractivity contribution in [1.82, 2.24) is 4.90 Å². The van der Waals surface area contributed by atoms with Crippen LogP contribution in [0, 0.1) is 11.8 Å². The van der Waals surface area contributed by atoms with Crippen LogP contribution in [0.4, 0.5) is 0 Å². The second kappa shape index (κ2) is 8.06. The predicted molar refractivity (Wildman–Crippen MR) is 91.7 cm³/mol. The number of ether oxygens (including phenoxy) is 2. The zero-order chi connectivity index (χ0) is 17.8. The van der Waals surface area contributed by atoms with Gasteiger partial charge in [0, 0.05) is 24.7 Å². The van der Waals surface area contributed by atoms with Crippen LogP contribution in [-0.2, 0) is 14.3 Å². The van der Waals surface area contributed by atoms with Crippen molar-refractivity contribution in [2.45, 2.75) is 25.4 Å². The summed E-state index contributed by atoms with van der Waals surface area (Å²) in [7, 11) is 0. The topological polar surface area (TPSA) is 76.1 Å². The van der Waals surface area contributed by atoms with Crippen LogP contribution in [0.15, 0.2) is 24.3 Å². The van der Waals surface area contributed by atoms with E-state index in [4.69, 9.17) is 21.1 Å². The van der Waals surface area contributed by atoms with Crippen LogP contribution in [0.1, 0.15) is 19.3 Å². The van der Waals surface area contributed by atoms with E-state index in [1.165, 1.54) is 0 Å². The number of likely N-dealkylation sites (tertiary alicyclic amines) is 1. The van der Waals surface area contributed by atoms with Gasteiger partial charge in [0.2, 0.25) is 0 Å². The van der Waals surface area contributed by atoms with Gasteiger partial charge in [0.15, 0.2) is 6.61 Å². The predicted octanol–water partition coefficient (Wildman–Crippen LogP) is 2.45. The fraction of sp³-hybridized carbons (Fsp3) is 0.556. The molecular weight excluding hydrogens is 346 g/mol. The first-order valence-electron chi connectivity index (χ1n) is 8.55. The molecule has 2 heterocycles. The standard InChI is InChI=1S/C18H22ClNO5/c19-13-1-3-14(4-2-13)25-11-16(21)20-8-5-12(6-9-20)17-15(18(22)23)7-10-24-17/h1-4,12,15,17H,5-11H2,(H,22,23)/t15?,17-/m0/s1. The number of carboxylic acids is 1. The Morgan fingerprint density at radius 1 is 1.20 bits per heavy atom. The van der Waals surface area contributed by atoms with Gasteiger partial charge in [-0.2, -0.15) is 0 Å². The third-order valence-electron chi connectivity index (χ3n) is 4.99. The van der Waals surface area contributed by atoms with E-state index < -0.39 is 11.9 Å². The van der Waals surface area contributed by atoms with Crippen molar-refractivity contribution in [1.29, 1.82) is 0 Å². The van der Waals surface area contributed by atoms with E-state index in [9.17, 15) is 14.7 Å². The molecule has 0 radical (unpaired) electrons. The van der Waals surface area contributed by atoms with E-state index in [1.807, 2.05) is 0 Å². The summed E-state index contributed by atoms with van der Waals surface area (Å²) in [4.78, 5) is 25.4. The van der Waals surface area contributed by atoms with Crippen molar-refractivity contribution in [3.63, 3.8) is 0 Å². The Morgan fingerprint density at radius 2 is 1.88 bits per heavy atom. The van der Waals surface area contributed by atoms with Crippen molar-refractivity contribution >= 4 is 23.5 Å². The second-order valence-electron chi connectivity index (χ2n) is 6.53. The summed E-state index contributed by atoms with van der Waals surface area (Å²) >= 11 is 5.82. The van der Waals surface area contributed by atoms with Crippen molar-refractivity contribution < 1.29 is 24.2 Å². The van der Waals surface area contributed by atoms with Crippen LogP contribution in [-0.4, -0.2) is 54.3 Å². The Hall–Kier alpha value is -1.79. The molecule has 2 fully saturated rings. The summed E-state index contributed by atoms with van der Waals surface area (Å²) in [5.74, 6) is -0.450. The summed E-state index contributed by atoms with van der Waals surface area (Å²) in [6.07, 6.45) is 1.89. The maximum atomic E-state index is 12.3. The lowest BCUT2D eigenvalue weighted by Crippen LogP contribution is -2.44. The maximum Gasteiger partial charge on any atom is 0.309 e. The zero-order valence-electron chi connectivity index (χ0n) is 13.9. The highest BCUT2D eigenvalue weighted by Gasteiger charge is 2.40. The van der Waals surface area contributed by atoms with Gasteiger partial charge in [-0.25, -0.2) is 0 Å². The molecule has 1 unspecified atom stereocenters. The lowest BCUT2D eigenvalue weighted by molar-refractivity contribution is -0.146. The number of carbonyl (C=O) groups excluding carboxylic acids is 1. The molecule has 136 valence electrons. The molecule has 2 aliphatic rings. The minimum atomic E-state index is -0.780. The Morgan fingerprint density at radius 3 is 2.52 bits per heavy atom. The molecule has 1 amide bonds. The molecule has 7 heteroatoms. The highest BCUT2D eigenvalue weighted by atomic mass is 35.5. The molecule has 1 N–H and O–H groups in total. The fourth-order valence-electron chi connectivity index (χ4n) is 3.58. The molecule has 1 aromatic rings. The monoisotopic (exact) mass is 367 g/mol. The highest BCUT2D eigenvalue weighted by molar-refractivity contribution is 6.30. The molecular formula is C18H22ClNO5. The average molecular weight is 368 g/mol. The maximum absolute atomic E-state index is 12.3. The van der Waals surface area contributed by atoms with Gasteiger partial charge < -0.3 is 19.5 Å². The molecule has 2 atom stereocenters. The molecule has 2 aliphatic heterocycles. The Bertz CT molecular complexity index is 612. The van der Waals surface area contributed by atoms with Crippen LogP contribution in [0.25, 0.3) is 0 Å². The molecule has 25 heavy (non-hydrogen) atoms. The molecule has 0 saturated carbocycles. The first-order valence-corrected chi connectivity index (χ1v) is 8.93. The third-order valence-corrected chi connectivity index (χ3v) is 5.24. The van der Waals surface area contributed by atoms with Crippen molar-refractivity contribution in [2.75, 3.05) is 26.3 Å². The zero-order valence-corrected chi connectivity index (χ0v) is 14.7. The van der Waals surface area contributed by atoms with Crippen LogP contribution in [0.2, 0.25) is 5.02 Å². The third kappa shape index (κ3) is 4.44. The number of carboxylic acid groups (broad SMARTS) is 1. The molecule has 1 aromatic carbocycles. The van der Waals surface area contributed by atoms with Gasteiger partial charge in [0.1, 0.15) is 5.75 Å². The van der Waals surface area contributed by atoms with Crippen LogP contribution in [0.3, 0.4) is 0 Å². The Labute approximate surface area is 151 Å². The van der Waals surface area contributed by atoms with Crippen LogP contribution in [0.5, 0.6) is 5.75 Å². The SMILES string of the molecule is O=C(O)C1CCO[C@H]1C1CCN(C(=O)COc2ccc(Cl)cc2)CC1. The largest absolute Gasteiger partial charge is 0.484 e. The number of benzene rings is 1. The van der Waals surface area contributed by atoms with Crippen molar-refractivity contribution in [3.05, 3.63) is 29.3 Å². The van der Waals surface area contributed by atoms with Gasteiger partial charge in [-0.15, -0.1) is 0 Å². The normalized spacial score (nSPS) is 24.3. The molecule has 2 saturated heterocycles. The van der Waals surface area contributed by atoms with E-state index in [2.05, 4.69) is 0 Å². The molecule has 0 spiro atoms. The van der Waals surface area contributed by atoms with E-state index >= 15 is 0 Å². The quantitative estimate of drug-likeness (QED) is 0.865. The van der Waals surface area contributed by atoms with Gasteiger partial charge in [-0.1, -0.05) is 11.6 Å². The summed E-state index contributed by atoms with van der Waals surface area (Å²) in [6, 6.07) is 6.89. The highest BCUT2D eigenvalue weighted by Crippen LogP contribution is 2.33. The number of halogens is 1. The number of hydrogen-bond donors (Lipinski definition) is 1. The summed E-state index contributed by atoms with van der Waals surface area (Å²) in [5.41, 5.74) is 0. The summed E-state index contributed by atoms with van der Waals surface area (Å²) < 4.78 is 11.2.